The third-order valence-electron chi connectivity index (χ3n) is 5.95. The van der Waals surface area contributed by atoms with E-state index in [1.165, 1.54) is 52.8 Å². The van der Waals surface area contributed by atoms with Gasteiger partial charge in [-0.3, -0.25) is 14.0 Å². The number of thioether (sulfide) groups is 1. The summed E-state index contributed by atoms with van der Waals surface area (Å²) < 4.78 is 6.99. The van der Waals surface area contributed by atoms with Crippen LogP contribution in [0.15, 0.2) is 45.4 Å². The molecular formula is C24H27N3O4S2. The molecule has 174 valence electrons. The van der Waals surface area contributed by atoms with Crippen LogP contribution in [-0.2, 0) is 16.1 Å². The molecule has 0 aliphatic heterocycles. The topological polar surface area (TPSA) is 81.0 Å². The minimum absolute atomic E-state index is 0.0688. The molecule has 3 aromatic rings. The highest BCUT2D eigenvalue weighted by atomic mass is 32.2. The first kappa shape index (κ1) is 23.5. The Morgan fingerprint density at radius 3 is 2.79 bits per heavy atom. The summed E-state index contributed by atoms with van der Waals surface area (Å²) in [6.45, 7) is 1.75. The van der Waals surface area contributed by atoms with Gasteiger partial charge < -0.3 is 9.64 Å². The molecule has 1 aliphatic rings. The number of carbonyl (C=O) groups is 2. The molecule has 0 radical (unpaired) electrons. The molecule has 1 aromatic carbocycles. The summed E-state index contributed by atoms with van der Waals surface area (Å²) in [5.74, 6) is -0.167. The molecule has 0 bridgehead atoms. The third-order valence-corrected chi connectivity index (χ3v) is 7.96. The van der Waals surface area contributed by atoms with E-state index in [0.717, 1.165) is 18.5 Å². The molecule has 1 amide bonds. The van der Waals surface area contributed by atoms with Crippen molar-refractivity contribution in [1.82, 2.24) is 14.3 Å². The number of aryl methyl sites for hydroxylation is 1. The zero-order chi connectivity index (χ0) is 23.4. The lowest BCUT2D eigenvalue weighted by Gasteiger charge is -2.31. The molecule has 33 heavy (non-hydrogen) atoms. The Morgan fingerprint density at radius 2 is 2.00 bits per heavy atom. The average Bonchev–Trinajstić information content (AvgIpc) is 3.22. The second kappa shape index (κ2) is 10.5. The fraction of sp³-hybridized carbons (Fsp3) is 0.417. The van der Waals surface area contributed by atoms with Crippen molar-refractivity contribution >= 4 is 39.9 Å². The first-order valence-electron chi connectivity index (χ1n) is 11.1. The van der Waals surface area contributed by atoms with Gasteiger partial charge in [-0.2, -0.15) is 0 Å². The Bertz CT molecular complexity index is 1210. The first-order chi connectivity index (χ1) is 15.9. The minimum Gasteiger partial charge on any atom is -0.456 e. The van der Waals surface area contributed by atoms with Crippen molar-refractivity contribution in [2.24, 2.45) is 0 Å². The number of esters is 1. The van der Waals surface area contributed by atoms with Gasteiger partial charge in [0.2, 0.25) is 5.91 Å². The number of aromatic nitrogens is 2. The van der Waals surface area contributed by atoms with E-state index in [1.54, 1.807) is 12.1 Å². The average molecular weight is 486 g/mol. The normalized spacial score (nSPS) is 14.4. The summed E-state index contributed by atoms with van der Waals surface area (Å²) in [6, 6.07) is 8.81. The van der Waals surface area contributed by atoms with Crippen LogP contribution in [0.25, 0.3) is 4.96 Å². The summed E-state index contributed by atoms with van der Waals surface area (Å²) in [4.78, 5) is 45.3. The molecule has 0 spiro atoms. The van der Waals surface area contributed by atoms with Crippen molar-refractivity contribution in [1.29, 1.82) is 0 Å². The maximum Gasteiger partial charge on any atom is 0.339 e. The fourth-order valence-corrected chi connectivity index (χ4v) is 5.92. The number of amides is 1. The monoisotopic (exact) mass is 485 g/mol. The van der Waals surface area contributed by atoms with Gasteiger partial charge in [0.1, 0.15) is 6.61 Å². The fourth-order valence-electron chi connectivity index (χ4n) is 4.07. The summed E-state index contributed by atoms with van der Waals surface area (Å²) in [5, 5.41) is 1.86. The number of ether oxygens (including phenoxy) is 1. The quantitative estimate of drug-likeness (QED) is 0.367. The number of carbonyl (C=O) groups excluding carboxylic acids is 2. The van der Waals surface area contributed by atoms with E-state index in [0.29, 0.717) is 27.2 Å². The number of hydrogen-bond acceptors (Lipinski definition) is 7. The zero-order valence-electron chi connectivity index (χ0n) is 18.8. The molecule has 4 rings (SSSR count). The van der Waals surface area contributed by atoms with Crippen LogP contribution in [-0.4, -0.2) is 45.0 Å². The van der Waals surface area contributed by atoms with Crippen molar-refractivity contribution < 1.29 is 14.3 Å². The number of benzene rings is 1. The lowest BCUT2D eigenvalue weighted by atomic mass is 9.94. The Balaban J connectivity index is 1.39. The van der Waals surface area contributed by atoms with E-state index in [4.69, 9.17) is 4.74 Å². The number of nitrogens with zero attached hydrogens (tertiary/aromatic N) is 3. The van der Waals surface area contributed by atoms with Gasteiger partial charge in [-0.25, -0.2) is 9.78 Å². The van der Waals surface area contributed by atoms with E-state index in [2.05, 4.69) is 4.98 Å². The van der Waals surface area contributed by atoms with E-state index in [1.807, 2.05) is 36.4 Å². The molecule has 0 unspecified atom stereocenters. The predicted molar refractivity (Wildman–Crippen MR) is 130 cm³/mol. The first-order valence-corrected chi connectivity index (χ1v) is 12.9. The highest BCUT2D eigenvalue weighted by molar-refractivity contribution is 8.00. The Kier molecular flexibility index (Phi) is 7.49. The van der Waals surface area contributed by atoms with Gasteiger partial charge in [-0.05, 0) is 31.9 Å². The predicted octanol–water partition coefficient (Wildman–Crippen LogP) is 4.30. The molecule has 2 aromatic heterocycles. The van der Waals surface area contributed by atoms with Crippen LogP contribution in [0.4, 0.5) is 0 Å². The molecule has 9 heteroatoms. The maximum atomic E-state index is 12.8. The summed E-state index contributed by atoms with van der Waals surface area (Å²) in [6.07, 6.45) is 5.71. The zero-order valence-corrected chi connectivity index (χ0v) is 20.4. The smallest absolute Gasteiger partial charge is 0.339 e. The highest BCUT2D eigenvalue weighted by Gasteiger charge is 2.23. The summed E-state index contributed by atoms with van der Waals surface area (Å²) in [5.41, 5.74) is 1.44. The molecule has 7 nitrogen and oxygen atoms in total. The van der Waals surface area contributed by atoms with Gasteiger partial charge in [0.15, 0.2) is 4.96 Å². The Hall–Kier alpha value is -2.65. The third kappa shape index (κ3) is 5.47. The second-order valence-electron chi connectivity index (χ2n) is 8.24. The molecule has 0 saturated heterocycles. The molecular weight excluding hydrogens is 458 g/mol. The molecule has 0 atom stereocenters. The van der Waals surface area contributed by atoms with Crippen LogP contribution < -0.4 is 5.56 Å². The lowest BCUT2D eigenvalue weighted by Crippen LogP contribution is -2.39. The molecule has 2 heterocycles. The Labute approximate surface area is 200 Å². The summed E-state index contributed by atoms with van der Waals surface area (Å²) in [7, 11) is 1.88. The largest absolute Gasteiger partial charge is 0.456 e. The Morgan fingerprint density at radius 1 is 1.24 bits per heavy atom. The van der Waals surface area contributed by atoms with Crippen LogP contribution in [0.5, 0.6) is 0 Å². The number of thiazole rings is 1. The second-order valence-corrected chi connectivity index (χ2v) is 10.1. The van der Waals surface area contributed by atoms with Crippen LogP contribution in [0.3, 0.4) is 0 Å². The van der Waals surface area contributed by atoms with E-state index < -0.39 is 5.97 Å². The van der Waals surface area contributed by atoms with Crippen molar-refractivity contribution in [3.05, 3.63) is 63.0 Å². The number of fused-ring (bicyclic) bond motifs is 1. The van der Waals surface area contributed by atoms with Gasteiger partial charge in [0.25, 0.3) is 5.56 Å². The highest BCUT2D eigenvalue weighted by Crippen LogP contribution is 2.26. The van der Waals surface area contributed by atoms with Crippen LogP contribution in [0, 0.1) is 6.92 Å². The van der Waals surface area contributed by atoms with E-state index >= 15 is 0 Å². The SMILES string of the molecule is Cc1csc2nc(COC(=O)c3ccccc3SCC(=O)N(C)C3CCCCC3)cc(=O)n12. The van der Waals surface area contributed by atoms with Gasteiger partial charge in [0, 0.05) is 35.1 Å². The molecule has 1 saturated carbocycles. The van der Waals surface area contributed by atoms with Crippen molar-refractivity contribution in [3.8, 4) is 0 Å². The van der Waals surface area contributed by atoms with Gasteiger partial charge in [-0.15, -0.1) is 23.1 Å². The van der Waals surface area contributed by atoms with Gasteiger partial charge >= 0.3 is 5.97 Å². The lowest BCUT2D eigenvalue weighted by molar-refractivity contribution is -0.129. The minimum atomic E-state index is -0.504. The maximum absolute atomic E-state index is 12.8. The number of rotatable bonds is 7. The van der Waals surface area contributed by atoms with Crippen LogP contribution in [0.1, 0.15) is 53.8 Å². The van der Waals surface area contributed by atoms with Crippen LogP contribution in [0.2, 0.25) is 0 Å². The standard InChI is InChI=1S/C24H27N3O4S2/c1-16-14-33-24-25-17(12-21(28)27(16)24)13-31-23(30)19-10-6-7-11-20(19)32-15-22(29)26(2)18-8-4-3-5-9-18/h6-7,10-12,14,18H,3-5,8-9,13,15H2,1-2H3. The summed E-state index contributed by atoms with van der Waals surface area (Å²) >= 11 is 2.71. The van der Waals surface area contributed by atoms with Crippen molar-refractivity contribution in [2.45, 2.75) is 56.6 Å². The van der Waals surface area contributed by atoms with E-state index in [9.17, 15) is 14.4 Å². The van der Waals surface area contributed by atoms with Gasteiger partial charge in [0.05, 0.1) is 17.0 Å². The van der Waals surface area contributed by atoms with E-state index in [-0.39, 0.29) is 23.8 Å². The molecule has 0 N–H and O–H groups in total. The molecule has 1 aliphatic carbocycles. The van der Waals surface area contributed by atoms with Gasteiger partial charge in [-0.1, -0.05) is 31.4 Å². The van der Waals surface area contributed by atoms with Crippen molar-refractivity contribution in [3.63, 3.8) is 0 Å². The number of hydrogen-bond donors (Lipinski definition) is 0. The van der Waals surface area contributed by atoms with Crippen molar-refractivity contribution in [2.75, 3.05) is 12.8 Å². The van der Waals surface area contributed by atoms with Crippen LogP contribution >= 0.6 is 23.1 Å². The molecule has 1 fully saturated rings.